The molecule has 0 radical (unpaired) electrons. The summed E-state index contributed by atoms with van der Waals surface area (Å²) in [5, 5.41) is 3.77. The Labute approximate surface area is 252 Å². The van der Waals surface area contributed by atoms with E-state index in [1.807, 2.05) is 0 Å². The van der Waals surface area contributed by atoms with E-state index in [2.05, 4.69) is 67.6 Å². The maximum absolute atomic E-state index is 15.0. The Kier molecular flexibility index (Phi) is 9.98. The molecule has 4 aliphatic rings. The van der Waals surface area contributed by atoms with Crippen molar-refractivity contribution >= 4 is 13.9 Å². The molecule has 2 bridgehead atoms. The van der Waals surface area contributed by atoms with Gasteiger partial charge in [0.25, 0.3) is 0 Å². The van der Waals surface area contributed by atoms with Crippen LogP contribution in [0, 0.1) is 22.7 Å². The van der Waals surface area contributed by atoms with Crippen molar-refractivity contribution in [3.05, 3.63) is 11.3 Å². The molecule has 0 aromatic rings. The highest BCUT2D eigenvalue weighted by molar-refractivity contribution is 6.84. The molecule has 236 valence electrons. The first-order valence-corrected chi connectivity index (χ1v) is 19.0. The molecule has 2 saturated carbocycles. The molecule has 0 aromatic carbocycles. The molecule has 41 heavy (non-hydrogen) atoms. The Balaban J connectivity index is 1.84. The lowest BCUT2D eigenvalue weighted by atomic mass is 9.64. The number of hydrogen-bond donors (Lipinski definition) is 1. The van der Waals surface area contributed by atoms with Gasteiger partial charge in [-0.25, -0.2) is 0 Å². The smallest absolute Gasteiger partial charge is 0.217 e. The minimum absolute atomic E-state index is 0.106. The fourth-order valence-electron chi connectivity index (χ4n) is 9.69. The molecule has 3 aliphatic carbocycles. The largest absolute Gasteiger partial charge is 0.461 e. The fourth-order valence-corrected chi connectivity index (χ4v) is 16.0. The second kappa shape index (κ2) is 12.3. The van der Waals surface area contributed by atoms with Crippen LogP contribution in [0.3, 0.4) is 0 Å². The van der Waals surface area contributed by atoms with Crippen LogP contribution in [0.4, 0.5) is 0 Å². The van der Waals surface area contributed by atoms with Crippen molar-refractivity contribution in [2.24, 2.45) is 22.7 Å². The van der Waals surface area contributed by atoms with E-state index in [0.29, 0.717) is 41.5 Å². The Morgan fingerprint density at radius 2 is 1.56 bits per heavy atom. The van der Waals surface area contributed by atoms with Gasteiger partial charge in [0.1, 0.15) is 0 Å². The number of Topliss-reactive ketones (excluding diaryl/α,β-unsaturated/α-hetero) is 1. The molecule has 3 fully saturated rings. The number of hydrogen-bond acceptors (Lipinski definition) is 6. The fraction of sp³-hybridized carbons (Fsp3) is 0.912. The molecule has 1 N–H and O–H groups in total. The van der Waals surface area contributed by atoms with Gasteiger partial charge in [0.2, 0.25) is 12.1 Å². The number of rotatable bonds is 12. The molecular weight excluding hydrogens is 530 g/mol. The van der Waals surface area contributed by atoms with E-state index < -0.39 is 26.2 Å². The molecule has 7 heteroatoms. The summed E-state index contributed by atoms with van der Waals surface area (Å²) in [5.41, 5.74) is 2.40. The minimum Gasteiger partial charge on any atom is -0.461 e. The van der Waals surface area contributed by atoms with Crippen molar-refractivity contribution in [2.45, 2.75) is 148 Å². The molecule has 1 saturated heterocycles. The summed E-state index contributed by atoms with van der Waals surface area (Å²) >= 11 is 0. The highest BCUT2D eigenvalue weighted by Crippen LogP contribution is 2.62. The van der Waals surface area contributed by atoms with Crippen LogP contribution in [-0.4, -0.2) is 59.3 Å². The van der Waals surface area contributed by atoms with Gasteiger partial charge in [-0.1, -0.05) is 98.2 Å². The molecule has 0 unspecified atom stereocenters. The molecule has 5 atom stereocenters. The van der Waals surface area contributed by atoms with Gasteiger partial charge in [-0.2, -0.15) is 0 Å². The van der Waals surface area contributed by atoms with Gasteiger partial charge < -0.3 is 18.9 Å². The zero-order chi connectivity index (χ0) is 30.4. The Morgan fingerprint density at radius 3 is 2.15 bits per heavy atom. The number of ketones is 1. The summed E-state index contributed by atoms with van der Waals surface area (Å²) in [6.45, 7) is 22.8. The first-order chi connectivity index (χ1) is 19.2. The second-order valence-corrected chi connectivity index (χ2v) is 21.5. The first kappa shape index (κ1) is 33.2. The van der Waals surface area contributed by atoms with E-state index >= 15 is 0 Å². The predicted octanol–water partition coefficient (Wildman–Crippen LogP) is 7.85. The van der Waals surface area contributed by atoms with E-state index in [1.54, 1.807) is 14.2 Å². The highest BCUT2D eigenvalue weighted by Gasteiger charge is 2.63. The third kappa shape index (κ3) is 5.32. The third-order valence-electron chi connectivity index (χ3n) is 13.0. The predicted molar refractivity (Wildman–Crippen MR) is 168 cm³/mol. The quantitative estimate of drug-likeness (QED) is 0.184. The Hall–Kier alpha value is -0.733. The highest BCUT2D eigenvalue weighted by atomic mass is 28.3. The van der Waals surface area contributed by atoms with Crippen LogP contribution in [-0.2, 0) is 23.7 Å². The first-order valence-electron chi connectivity index (χ1n) is 16.6. The standard InChI is InChI=1S/C34H61NO5Si/c1-22(2)41(23(3)4,24(5)6)21-26-27-15-13-12-14-17-34(27,35-19-28(37-10)38-11)30(36)29(26)40-31-33(9)18-16-25(20-39-31)32(33,7)8/h22-25,27-28,31,35H,12-21H2,1-11H3/t25-,27-,31-,33+,34+/m1/s1. The molecule has 4 rings (SSSR count). The number of ether oxygens (including phenoxy) is 4. The monoisotopic (exact) mass is 591 g/mol. The molecule has 0 amide bonds. The molecule has 0 spiro atoms. The van der Waals surface area contributed by atoms with E-state index in [-0.39, 0.29) is 22.5 Å². The van der Waals surface area contributed by atoms with Crippen LogP contribution < -0.4 is 5.32 Å². The van der Waals surface area contributed by atoms with Gasteiger partial charge >= 0.3 is 0 Å². The number of methoxy groups -OCH3 is 2. The average Bonchev–Trinajstić information content (AvgIpc) is 3.10. The van der Waals surface area contributed by atoms with Crippen molar-refractivity contribution in [1.82, 2.24) is 5.32 Å². The summed E-state index contributed by atoms with van der Waals surface area (Å²) in [6, 6.07) is 1.02. The van der Waals surface area contributed by atoms with E-state index in [1.165, 1.54) is 5.57 Å². The SMILES string of the molecule is COC(CN[C@@]12CCCCC[C@@H]1C(C[Si](C(C)C)(C(C)C)C(C)C)=C(O[C@H]1OC[C@H]3CC[C@]1(C)C3(C)C)C2=O)OC. The van der Waals surface area contributed by atoms with Gasteiger partial charge in [0, 0.05) is 32.1 Å². The zero-order valence-corrected chi connectivity index (χ0v) is 29.2. The lowest BCUT2D eigenvalue weighted by Gasteiger charge is -2.50. The Bertz CT molecular complexity index is 950. The van der Waals surface area contributed by atoms with Crippen molar-refractivity contribution < 1.29 is 23.7 Å². The number of nitrogens with one attached hydrogen (secondary N) is 1. The van der Waals surface area contributed by atoms with Crippen LogP contribution in [0.5, 0.6) is 0 Å². The minimum atomic E-state index is -1.89. The van der Waals surface area contributed by atoms with Crippen molar-refractivity contribution in [3.63, 3.8) is 0 Å². The van der Waals surface area contributed by atoms with Crippen molar-refractivity contribution in [2.75, 3.05) is 27.4 Å². The van der Waals surface area contributed by atoms with Gasteiger partial charge in [-0.05, 0) is 48.6 Å². The lowest BCUT2D eigenvalue weighted by Crippen LogP contribution is -2.57. The van der Waals surface area contributed by atoms with Crippen LogP contribution in [0.1, 0.15) is 107 Å². The summed E-state index contributed by atoms with van der Waals surface area (Å²) in [4.78, 5) is 15.0. The maximum atomic E-state index is 15.0. The van der Waals surface area contributed by atoms with Gasteiger partial charge in [-0.15, -0.1) is 0 Å². The maximum Gasteiger partial charge on any atom is 0.217 e. The Morgan fingerprint density at radius 1 is 0.927 bits per heavy atom. The average molecular weight is 592 g/mol. The molecule has 6 nitrogen and oxygen atoms in total. The van der Waals surface area contributed by atoms with E-state index in [0.717, 1.165) is 51.0 Å². The number of carbonyl (C=O) groups is 1. The topological polar surface area (TPSA) is 66.0 Å². The van der Waals surface area contributed by atoms with Crippen LogP contribution in [0.15, 0.2) is 11.3 Å². The van der Waals surface area contributed by atoms with Gasteiger partial charge in [0.15, 0.2) is 12.0 Å². The molecule has 0 aromatic heterocycles. The summed E-state index contributed by atoms with van der Waals surface area (Å²) in [6.07, 6.45) is 6.61. The van der Waals surface area contributed by atoms with Gasteiger partial charge in [-0.3, -0.25) is 10.1 Å². The third-order valence-corrected chi connectivity index (χ3v) is 20.5. The van der Waals surface area contributed by atoms with Crippen molar-refractivity contribution in [3.8, 4) is 0 Å². The summed E-state index contributed by atoms with van der Waals surface area (Å²) in [5.74, 6) is 1.46. The van der Waals surface area contributed by atoms with Crippen LogP contribution in [0.2, 0.25) is 22.7 Å². The summed E-state index contributed by atoms with van der Waals surface area (Å²) < 4.78 is 24.7. The normalized spacial score (nSPS) is 33.8. The van der Waals surface area contributed by atoms with E-state index in [9.17, 15) is 4.79 Å². The van der Waals surface area contributed by atoms with Gasteiger partial charge in [0.05, 0.1) is 20.2 Å². The molecule has 1 heterocycles. The lowest BCUT2D eigenvalue weighted by molar-refractivity contribution is -0.248. The van der Waals surface area contributed by atoms with Crippen molar-refractivity contribution in [1.29, 1.82) is 0 Å². The van der Waals surface area contributed by atoms with Crippen LogP contribution in [0.25, 0.3) is 0 Å². The summed E-state index contributed by atoms with van der Waals surface area (Å²) in [7, 11) is 1.44. The molecular formula is C34H61NO5Si. The second-order valence-electron chi connectivity index (χ2n) is 15.5. The molecule has 1 aliphatic heterocycles. The van der Waals surface area contributed by atoms with Crippen LogP contribution >= 0.6 is 0 Å². The van der Waals surface area contributed by atoms with E-state index in [4.69, 9.17) is 18.9 Å². The zero-order valence-electron chi connectivity index (χ0n) is 28.2. The number of fused-ring (bicyclic) bond motifs is 3. The number of carbonyl (C=O) groups excluding carboxylic acids is 1.